The predicted octanol–water partition coefficient (Wildman–Crippen LogP) is 10.3. The van der Waals surface area contributed by atoms with Crippen molar-refractivity contribution in [2.75, 3.05) is 21.5 Å². The van der Waals surface area contributed by atoms with Crippen molar-refractivity contribution in [2.45, 2.75) is 19.6 Å². The number of amides is 2. The van der Waals surface area contributed by atoms with Crippen molar-refractivity contribution < 1.29 is 61.5 Å². The molecule has 0 spiro atoms. The van der Waals surface area contributed by atoms with E-state index in [9.17, 15) is 61.5 Å². The standard InChI is InChI=1S/C52H40N6O14S4/c59-49(29-17-33-9-3-1-4-10-33)53-43-27-25-41(39-13-7-15-45(51(39)43)73(61,62)63)57-55-37-23-21-35(47(31-37)75(67,68)69)19-20-36-22-24-38(32-48(36)76(70,71)72)56-58-42-26-28-44(52-40(42)14-8-16-46(52)74(64,65)66)54-50(60)30-18-34-11-5-2-6-12-34/h1-32,55,57H,(H,53,59)(H,54,60)(H,61,62,63)(H,64,65,66)(H,67,68,69)(H,70,71,72)/b20-19+,29-17+,30-18+,58-56?. The molecule has 20 nitrogen and oxygen atoms in total. The SMILES string of the molecule is O=C(/C=C/c1ccccc1)Nc1ccc(N=Nc2ccc(/C=C/c3ccc(NNc4ccc(NC(=O)/C=C/c5ccccc5)c5c(S(=O)(=O)O)cccc45)cc3S(=O)(=O)O)c(S(=O)(=O)O)c2)c2cccc(S(=O)(=O)O)c12. The summed E-state index contributed by atoms with van der Waals surface area (Å²) in [5, 5.41) is 13.6. The van der Waals surface area contributed by atoms with Crippen molar-refractivity contribution in [3.05, 3.63) is 192 Å². The van der Waals surface area contributed by atoms with Gasteiger partial charge < -0.3 is 21.5 Å². The lowest BCUT2D eigenvalue weighted by molar-refractivity contribution is -0.112. The van der Waals surface area contributed by atoms with Gasteiger partial charge in [0.1, 0.15) is 19.6 Å². The molecule has 0 fully saturated rings. The monoisotopic (exact) mass is 1100 g/mol. The van der Waals surface area contributed by atoms with Crippen molar-refractivity contribution in [3.8, 4) is 0 Å². The van der Waals surface area contributed by atoms with Crippen molar-refractivity contribution in [1.29, 1.82) is 0 Å². The number of hydrogen-bond acceptors (Lipinski definition) is 14. The Kier molecular flexibility index (Phi) is 15.5. The molecule has 8 aromatic carbocycles. The molecule has 24 heteroatoms. The third kappa shape index (κ3) is 13.0. The lowest BCUT2D eigenvalue weighted by atomic mass is 10.1. The van der Waals surface area contributed by atoms with E-state index in [4.69, 9.17) is 0 Å². The van der Waals surface area contributed by atoms with E-state index in [0.717, 1.165) is 47.5 Å². The minimum atomic E-state index is -5.02. The molecule has 8 aromatic rings. The molecule has 386 valence electrons. The molecular weight excluding hydrogens is 1060 g/mol. The largest absolute Gasteiger partial charge is 0.322 e. The van der Waals surface area contributed by atoms with Crippen LogP contribution >= 0.6 is 0 Å². The molecule has 8 rings (SSSR count). The number of carbonyl (C=O) groups excluding carboxylic acids is 2. The highest BCUT2D eigenvalue weighted by atomic mass is 32.2. The maximum Gasteiger partial charge on any atom is 0.295 e. The molecule has 0 atom stereocenters. The van der Waals surface area contributed by atoms with Gasteiger partial charge in [-0.05, 0) is 95.1 Å². The fourth-order valence-electron chi connectivity index (χ4n) is 7.74. The van der Waals surface area contributed by atoms with Crippen molar-refractivity contribution >= 4 is 132 Å². The quantitative estimate of drug-likeness (QED) is 0.0138. The van der Waals surface area contributed by atoms with E-state index in [1.54, 1.807) is 66.7 Å². The van der Waals surface area contributed by atoms with Gasteiger partial charge >= 0.3 is 0 Å². The van der Waals surface area contributed by atoms with Crippen LogP contribution in [0.15, 0.2) is 200 Å². The third-order valence-corrected chi connectivity index (χ3v) is 14.7. The number of hydrazine groups is 1. The van der Waals surface area contributed by atoms with E-state index in [1.807, 2.05) is 0 Å². The summed E-state index contributed by atoms with van der Waals surface area (Å²) in [7, 11) is -19.7. The van der Waals surface area contributed by atoms with Gasteiger partial charge in [0.15, 0.2) is 0 Å². The Morgan fingerprint density at radius 2 is 0.868 bits per heavy atom. The molecule has 0 aromatic heterocycles. The molecule has 0 aliphatic carbocycles. The van der Waals surface area contributed by atoms with Crippen LogP contribution in [0, 0.1) is 0 Å². The smallest absolute Gasteiger partial charge is 0.295 e. The summed E-state index contributed by atoms with van der Waals surface area (Å²) in [5.41, 5.74) is 6.90. The number of carbonyl (C=O) groups is 2. The lowest BCUT2D eigenvalue weighted by Gasteiger charge is -2.17. The fraction of sp³-hybridized carbons (Fsp3) is 0. The van der Waals surface area contributed by atoms with Crippen molar-refractivity contribution in [3.63, 3.8) is 0 Å². The first-order valence-corrected chi connectivity index (χ1v) is 27.8. The first-order chi connectivity index (χ1) is 36.0. The molecule has 0 saturated heterocycles. The van der Waals surface area contributed by atoms with Gasteiger partial charge in [-0.2, -0.15) is 38.8 Å². The number of nitrogens with zero attached hydrogens (tertiary/aromatic N) is 2. The molecule has 0 aliphatic heterocycles. The highest BCUT2D eigenvalue weighted by Gasteiger charge is 2.23. The summed E-state index contributed by atoms with van der Waals surface area (Å²) in [6.45, 7) is 0. The number of nitrogens with one attached hydrogen (secondary N) is 4. The number of anilines is 4. The summed E-state index contributed by atoms with van der Waals surface area (Å²) in [5.74, 6) is -1.23. The molecular formula is C52H40N6O14S4. The van der Waals surface area contributed by atoms with Crippen LogP contribution in [0.1, 0.15) is 22.3 Å². The summed E-state index contributed by atoms with van der Waals surface area (Å²) in [6.07, 6.45) is 7.85. The zero-order valence-corrected chi connectivity index (χ0v) is 42.1. The number of rotatable bonds is 17. The molecule has 0 bridgehead atoms. The van der Waals surface area contributed by atoms with Crippen LogP contribution in [0.4, 0.5) is 34.1 Å². The first kappa shape index (κ1) is 53.6. The molecule has 0 saturated carbocycles. The van der Waals surface area contributed by atoms with E-state index < -0.39 is 71.9 Å². The van der Waals surface area contributed by atoms with Gasteiger partial charge in [0.2, 0.25) is 11.8 Å². The third-order valence-electron chi connectivity index (χ3n) is 11.1. The second kappa shape index (κ2) is 22.0. The molecule has 8 N–H and O–H groups in total. The maximum atomic E-state index is 12.9. The molecule has 0 heterocycles. The summed E-state index contributed by atoms with van der Waals surface area (Å²) < 4.78 is 142. The zero-order valence-electron chi connectivity index (χ0n) is 38.9. The Hall–Kier alpha value is -8.72. The van der Waals surface area contributed by atoms with Crippen LogP contribution in [0.3, 0.4) is 0 Å². The van der Waals surface area contributed by atoms with Crippen LogP contribution in [0.25, 0.3) is 45.8 Å². The fourth-order valence-corrected chi connectivity index (χ4v) is 10.6. The minimum Gasteiger partial charge on any atom is -0.322 e. The Bertz CT molecular complexity index is 4210. The van der Waals surface area contributed by atoms with E-state index in [0.29, 0.717) is 0 Å². The summed E-state index contributed by atoms with van der Waals surface area (Å²) in [4.78, 5) is 23.4. The number of benzene rings is 8. The summed E-state index contributed by atoms with van der Waals surface area (Å²) in [6, 6.07) is 38.4. The number of hydrogen-bond donors (Lipinski definition) is 8. The van der Waals surface area contributed by atoms with Crippen molar-refractivity contribution in [2.24, 2.45) is 10.2 Å². The molecule has 0 unspecified atom stereocenters. The Morgan fingerprint density at radius 1 is 0.408 bits per heavy atom. The normalized spacial score (nSPS) is 12.5. The molecule has 76 heavy (non-hydrogen) atoms. The average molecular weight is 1100 g/mol. The topological polar surface area (TPSA) is 324 Å². The zero-order chi connectivity index (χ0) is 54.4. The van der Waals surface area contributed by atoms with Crippen LogP contribution in [-0.2, 0) is 50.1 Å². The van der Waals surface area contributed by atoms with E-state index >= 15 is 0 Å². The van der Waals surface area contributed by atoms with Gasteiger partial charge in [0.25, 0.3) is 40.5 Å². The molecule has 2 amide bonds. The summed E-state index contributed by atoms with van der Waals surface area (Å²) >= 11 is 0. The molecule has 0 radical (unpaired) electrons. The average Bonchev–Trinajstić information content (AvgIpc) is 3.38. The predicted molar refractivity (Wildman–Crippen MR) is 289 cm³/mol. The second-order valence-electron chi connectivity index (χ2n) is 16.3. The van der Waals surface area contributed by atoms with Crippen LogP contribution in [-0.4, -0.2) is 63.7 Å². The Balaban J connectivity index is 1.05. The Morgan fingerprint density at radius 3 is 1.39 bits per heavy atom. The Labute approximate surface area is 434 Å². The van der Waals surface area contributed by atoms with Crippen molar-refractivity contribution in [1.82, 2.24) is 0 Å². The lowest BCUT2D eigenvalue weighted by Crippen LogP contribution is -2.13. The number of fused-ring (bicyclic) bond motifs is 2. The second-order valence-corrected chi connectivity index (χ2v) is 21.8. The maximum absolute atomic E-state index is 12.9. The highest BCUT2D eigenvalue weighted by molar-refractivity contribution is 7.86. The van der Waals surface area contributed by atoms with Crippen LogP contribution in [0.5, 0.6) is 0 Å². The molecule has 0 aliphatic rings. The first-order valence-electron chi connectivity index (χ1n) is 22.0. The minimum absolute atomic E-state index is 0.000946. The van der Waals surface area contributed by atoms with Gasteiger partial charge in [-0.25, -0.2) is 0 Å². The van der Waals surface area contributed by atoms with Gasteiger partial charge in [0, 0.05) is 33.7 Å². The van der Waals surface area contributed by atoms with Crippen LogP contribution in [0.2, 0.25) is 0 Å². The van der Waals surface area contributed by atoms with Crippen LogP contribution < -0.4 is 21.5 Å². The van der Waals surface area contributed by atoms with Gasteiger partial charge in [-0.15, -0.1) is 5.11 Å². The van der Waals surface area contributed by atoms with E-state index in [-0.39, 0.29) is 66.8 Å². The van der Waals surface area contributed by atoms with Gasteiger partial charge in [-0.3, -0.25) is 27.8 Å². The van der Waals surface area contributed by atoms with E-state index in [2.05, 4.69) is 31.7 Å². The van der Waals surface area contributed by atoms with Gasteiger partial charge in [0.05, 0.1) is 34.1 Å². The number of azo groups is 1. The van der Waals surface area contributed by atoms with Gasteiger partial charge in [-0.1, -0.05) is 109 Å². The highest BCUT2D eigenvalue weighted by Crippen LogP contribution is 2.39. The van der Waals surface area contributed by atoms with E-state index in [1.165, 1.54) is 91.0 Å².